The van der Waals surface area contributed by atoms with Crippen molar-refractivity contribution in [2.45, 2.75) is 30.7 Å². The Balaban J connectivity index is 2.00. The van der Waals surface area contributed by atoms with Crippen molar-refractivity contribution in [3.8, 4) is 12.3 Å². The van der Waals surface area contributed by atoms with Crippen LogP contribution in [0.1, 0.15) is 23.9 Å². The number of rotatable bonds is 6. The topological polar surface area (TPSA) is 57.8 Å². The number of hydrogen-bond donors (Lipinski definition) is 2. The van der Waals surface area contributed by atoms with Crippen molar-refractivity contribution in [2.24, 2.45) is 0 Å². The van der Waals surface area contributed by atoms with Crippen molar-refractivity contribution in [1.82, 2.24) is 15.3 Å². The van der Waals surface area contributed by atoms with Gasteiger partial charge in [-0.2, -0.15) is 0 Å². The van der Waals surface area contributed by atoms with Crippen molar-refractivity contribution in [1.29, 1.82) is 0 Å². The molecule has 1 heterocycles. The van der Waals surface area contributed by atoms with E-state index in [1.165, 1.54) is 17.3 Å². The van der Waals surface area contributed by atoms with E-state index >= 15 is 0 Å². The van der Waals surface area contributed by atoms with E-state index in [0.717, 1.165) is 23.0 Å². The van der Waals surface area contributed by atoms with Gasteiger partial charge in [-0.3, -0.25) is 4.79 Å². The first kappa shape index (κ1) is 16.2. The zero-order valence-electron chi connectivity index (χ0n) is 12.7. The van der Waals surface area contributed by atoms with Gasteiger partial charge in [-0.15, -0.1) is 6.42 Å². The zero-order chi connectivity index (χ0) is 15.9. The smallest absolute Gasteiger partial charge is 0.234 e. The number of amides is 1. The van der Waals surface area contributed by atoms with E-state index in [2.05, 4.69) is 33.3 Å². The number of H-pyrrole nitrogens is 1. The molecule has 0 aliphatic rings. The van der Waals surface area contributed by atoms with Crippen LogP contribution in [0.15, 0.2) is 35.5 Å². The van der Waals surface area contributed by atoms with Gasteiger partial charge in [0.25, 0.3) is 0 Å². The molecule has 0 bridgehead atoms. The molecule has 4 nitrogen and oxygen atoms in total. The Hall–Kier alpha value is -2.19. The van der Waals surface area contributed by atoms with Crippen LogP contribution in [0.2, 0.25) is 0 Å². The fourth-order valence-electron chi connectivity index (χ4n) is 1.99. The van der Waals surface area contributed by atoms with Crippen LogP contribution in [-0.4, -0.2) is 27.7 Å². The van der Waals surface area contributed by atoms with Gasteiger partial charge >= 0.3 is 0 Å². The molecule has 2 aromatic rings. The van der Waals surface area contributed by atoms with Gasteiger partial charge < -0.3 is 10.3 Å². The molecule has 1 aromatic carbocycles. The Morgan fingerprint density at radius 1 is 1.45 bits per heavy atom. The van der Waals surface area contributed by atoms with Crippen LogP contribution in [-0.2, 0) is 11.2 Å². The van der Waals surface area contributed by atoms with E-state index in [1.54, 1.807) is 0 Å². The monoisotopic (exact) mass is 313 g/mol. The number of hydrogen-bond acceptors (Lipinski definition) is 3. The number of nitrogens with zero attached hydrogens (tertiary/aromatic N) is 1. The fraction of sp³-hybridized carbons (Fsp3) is 0.294. The number of benzene rings is 1. The van der Waals surface area contributed by atoms with E-state index in [1.807, 2.05) is 32.0 Å². The highest BCUT2D eigenvalue weighted by atomic mass is 32.2. The molecule has 1 amide bonds. The van der Waals surface area contributed by atoms with E-state index < -0.39 is 0 Å². The highest BCUT2D eigenvalue weighted by Crippen LogP contribution is 2.23. The van der Waals surface area contributed by atoms with Crippen molar-refractivity contribution in [2.75, 3.05) is 6.54 Å². The van der Waals surface area contributed by atoms with Crippen molar-refractivity contribution in [3.05, 3.63) is 47.3 Å². The second-order valence-electron chi connectivity index (χ2n) is 4.96. The van der Waals surface area contributed by atoms with Crippen molar-refractivity contribution >= 4 is 17.7 Å². The summed E-state index contributed by atoms with van der Waals surface area (Å²) in [4.78, 5) is 19.7. The van der Waals surface area contributed by atoms with Gasteiger partial charge in [0.1, 0.15) is 0 Å². The molecule has 1 atom stereocenters. The maximum absolute atomic E-state index is 11.8. The summed E-state index contributed by atoms with van der Waals surface area (Å²) in [5.41, 5.74) is 3.25. The maximum Gasteiger partial charge on any atom is 0.234 e. The summed E-state index contributed by atoms with van der Waals surface area (Å²) in [6.45, 7) is 4.09. The van der Waals surface area contributed by atoms with E-state index in [0.29, 0.717) is 0 Å². The summed E-state index contributed by atoms with van der Waals surface area (Å²) in [7, 11) is 0. The first-order valence-electron chi connectivity index (χ1n) is 7.07. The Kier molecular flexibility index (Phi) is 5.68. The molecule has 1 unspecified atom stereocenters. The summed E-state index contributed by atoms with van der Waals surface area (Å²) in [5.74, 6) is 2.31. The molecule has 0 saturated heterocycles. The third kappa shape index (κ3) is 4.40. The predicted molar refractivity (Wildman–Crippen MR) is 89.7 cm³/mol. The lowest BCUT2D eigenvalue weighted by atomic mass is 10.1. The van der Waals surface area contributed by atoms with E-state index in [4.69, 9.17) is 6.42 Å². The standard InChI is InChI=1S/C17H19N3OS/c1-4-10-18-16(21)13(3)22-17-19-12(2)15(20-17)11-14-8-6-5-7-9-14/h1,5-9,13H,10-11H2,2-3H3,(H,18,21)(H,19,20). The minimum atomic E-state index is -0.247. The van der Waals surface area contributed by atoms with Crippen LogP contribution in [0.3, 0.4) is 0 Å². The molecule has 1 aromatic heterocycles. The number of aryl methyl sites for hydroxylation is 1. The van der Waals surface area contributed by atoms with Gasteiger partial charge in [0.15, 0.2) is 5.16 Å². The predicted octanol–water partition coefficient (Wildman–Crippen LogP) is 2.54. The lowest BCUT2D eigenvalue weighted by Crippen LogP contribution is -2.31. The summed E-state index contributed by atoms with van der Waals surface area (Å²) in [6.07, 6.45) is 5.92. The van der Waals surface area contributed by atoms with E-state index in [9.17, 15) is 4.79 Å². The summed E-state index contributed by atoms with van der Waals surface area (Å²) >= 11 is 1.40. The van der Waals surface area contributed by atoms with Crippen LogP contribution in [0.25, 0.3) is 0 Å². The van der Waals surface area contributed by atoms with E-state index in [-0.39, 0.29) is 17.7 Å². The number of terminal acetylenes is 1. The Bertz CT molecular complexity index is 673. The lowest BCUT2D eigenvalue weighted by Gasteiger charge is -2.08. The maximum atomic E-state index is 11.8. The van der Waals surface area contributed by atoms with Crippen molar-refractivity contribution < 1.29 is 4.79 Å². The van der Waals surface area contributed by atoms with Gasteiger partial charge in [-0.25, -0.2) is 4.98 Å². The molecule has 0 aliphatic heterocycles. The molecule has 0 radical (unpaired) electrons. The van der Waals surface area contributed by atoms with Gasteiger partial charge in [-0.1, -0.05) is 48.0 Å². The number of aromatic amines is 1. The van der Waals surface area contributed by atoms with Crippen LogP contribution in [0.5, 0.6) is 0 Å². The van der Waals surface area contributed by atoms with Crippen molar-refractivity contribution in [3.63, 3.8) is 0 Å². The molecule has 22 heavy (non-hydrogen) atoms. The third-order valence-electron chi connectivity index (χ3n) is 3.20. The molecular formula is C17H19N3OS. The van der Waals surface area contributed by atoms with Gasteiger partial charge in [0.05, 0.1) is 17.5 Å². The van der Waals surface area contributed by atoms with Crippen LogP contribution in [0.4, 0.5) is 0 Å². The summed E-state index contributed by atoms with van der Waals surface area (Å²) < 4.78 is 0. The minimum Gasteiger partial charge on any atom is -0.344 e. The number of nitrogens with one attached hydrogen (secondary N) is 2. The number of thioether (sulfide) groups is 1. The SMILES string of the molecule is C#CCNC(=O)C(C)Sc1nc(Cc2ccccc2)c(C)[nH]1. The lowest BCUT2D eigenvalue weighted by molar-refractivity contribution is -0.120. The van der Waals surface area contributed by atoms with Gasteiger partial charge in [-0.05, 0) is 19.4 Å². The minimum absolute atomic E-state index is 0.0818. The number of aromatic nitrogens is 2. The fourth-order valence-corrected chi connectivity index (χ4v) is 2.89. The van der Waals surface area contributed by atoms with Gasteiger partial charge in [0, 0.05) is 12.1 Å². The second-order valence-corrected chi connectivity index (χ2v) is 6.29. The molecule has 0 saturated carbocycles. The molecule has 0 aliphatic carbocycles. The number of imidazole rings is 1. The highest BCUT2D eigenvalue weighted by molar-refractivity contribution is 8.00. The Labute approximate surface area is 135 Å². The van der Waals surface area contributed by atoms with Crippen LogP contribution >= 0.6 is 11.8 Å². The second kappa shape index (κ2) is 7.71. The average molecular weight is 313 g/mol. The largest absolute Gasteiger partial charge is 0.344 e. The summed E-state index contributed by atoms with van der Waals surface area (Å²) in [6, 6.07) is 10.2. The molecule has 2 rings (SSSR count). The molecule has 2 N–H and O–H groups in total. The molecular weight excluding hydrogens is 294 g/mol. The highest BCUT2D eigenvalue weighted by Gasteiger charge is 2.16. The van der Waals surface area contributed by atoms with Crippen LogP contribution in [0, 0.1) is 19.3 Å². The van der Waals surface area contributed by atoms with Gasteiger partial charge in [0.2, 0.25) is 5.91 Å². The first-order chi connectivity index (χ1) is 10.6. The Morgan fingerprint density at radius 2 is 2.18 bits per heavy atom. The Morgan fingerprint density at radius 3 is 2.86 bits per heavy atom. The van der Waals surface area contributed by atoms with Crippen LogP contribution < -0.4 is 5.32 Å². The molecule has 5 heteroatoms. The quantitative estimate of drug-likeness (QED) is 0.636. The molecule has 0 spiro atoms. The summed E-state index contributed by atoms with van der Waals surface area (Å²) in [5, 5.41) is 3.19. The molecule has 114 valence electrons. The molecule has 0 fully saturated rings. The average Bonchev–Trinajstić information content (AvgIpc) is 2.85. The number of carbonyl (C=O) groups is 1. The third-order valence-corrected chi connectivity index (χ3v) is 4.18. The zero-order valence-corrected chi connectivity index (χ0v) is 13.5. The number of carbonyl (C=O) groups excluding carboxylic acids is 1. The first-order valence-corrected chi connectivity index (χ1v) is 7.95. The normalized spacial score (nSPS) is 11.7.